The molecule has 1 rings (SSSR count). The highest BCUT2D eigenvalue weighted by Gasteiger charge is 2.05. The molecular formula is C10H16N2O2. The highest BCUT2D eigenvalue weighted by atomic mass is 16.5. The van der Waals surface area contributed by atoms with E-state index in [1.54, 1.807) is 6.20 Å². The second kappa shape index (κ2) is 5.57. The van der Waals surface area contributed by atoms with E-state index < -0.39 is 0 Å². The van der Waals surface area contributed by atoms with Gasteiger partial charge in [-0.15, -0.1) is 0 Å². The van der Waals surface area contributed by atoms with E-state index in [9.17, 15) is 0 Å². The first-order chi connectivity index (χ1) is 6.79. The molecule has 0 atom stereocenters. The summed E-state index contributed by atoms with van der Waals surface area (Å²) in [5.74, 6) is 0.584. The van der Waals surface area contributed by atoms with Crippen molar-refractivity contribution < 1.29 is 9.84 Å². The number of pyridine rings is 1. The third kappa shape index (κ3) is 2.68. The molecule has 0 radical (unpaired) electrons. The van der Waals surface area contributed by atoms with E-state index >= 15 is 0 Å². The Morgan fingerprint density at radius 1 is 1.57 bits per heavy atom. The Bertz CT molecular complexity index is 289. The van der Waals surface area contributed by atoms with Gasteiger partial charge in [-0.1, -0.05) is 0 Å². The van der Waals surface area contributed by atoms with Crippen molar-refractivity contribution in [2.45, 2.75) is 19.9 Å². The average Bonchev–Trinajstić information content (AvgIpc) is 2.18. The number of hydrogen-bond donors (Lipinski definition) is 2. The molecular weight excluding hydrogens is 180 g/mol. The predicted molar refractivity (Wildman–Crippen MR) is 54.1 cm³/mol. The fraction of sp³-hybridized carbons (Fsp3) is 0.500. The number of aromatic nitrogens is 1. The van der Waals surface area contributed by atoms with Crippen molar-refractivity contribution in [3.63, 3.8) is 0 Å². The van der Waals surface area contributed by atoms with E-state index in [1.807, 2.05) is 13.0 Å². The molecule has 1 aromatic heterocycles. The van der Waals surface area contributed by atoms with Crippen molar-refractivity contribution in [1.82, 2.24) is 4.98 Å². The van der Waals surface area contributed by atoms with E-state index in [1.165, 1.54) is 0 Å². The molecule has 0 amide bonds. The Hall–Kier alpha value is -1.13. The van der Waals surface area contributed by atoms with Crippen LogP contribution in [0.25, 0.3) is 0 Å². The lowest BCUT2D eigenvalue weighted by Crippen LogP contribution is -2.08. The van der Waals surface area contributed by atoms with Crippen molar-refractivity contribution in [2.24, 2.45) is 5.73 Å². The number of aliphatic hydroxyl groups is 1. The van der Waals surface area contributed by atoms with Crippen molar-refractivity contribution in [1.29, 1.82) is 0 Å². The zero-order valence-corrected chi connectivity index (χ0v) is 8.36. The summed E-state index contributed by atoms with van der Waals surface area (Å²) in [5.41, 5.74) is 7.61. The van der Waals surface area contributed by atoms with Gasteiger partial charge in [-0.05, 0) is 18.6 Å². The normalized spacial score (nSPS) is 10.2. The summed E-state index contributed by atoms with van der Waals surface area (Å²) in [5, 5.41) is 8.60. The van der Waals surface area contributed by atoms with Gasteiger partial charge in [-0.2, -0.15) is 0 Å². The van der Waals surface area contributed by atoms with E-state index in [2.05, 4.69) is 4.98 Å². The van der Waals surface area contributed by atoms with Crippen LogP contribution in [0.2, 0.25) is 0 Å². The standard InChI is InChI=1S/C10H16N2O2/c1-8-3-4-12-10(9(8)7-11)14-6-2-5-13/h3-4,13H,2,5-7,11H2,1H3. The number of aryl methyl sites for hydroxylation is 1. The molecule has 4 heteroatoms. The van der Waals surface area contributed by atoms with Gasteiger partial charge in [0.1, 0.15) is 0 Å². The number of nitrogens with zero attached hydrogens (tertiary/aromatic N) is 1. The van der Waals surface area contributed by atoms with Gasteiger partial charge in [0, 0.05) is 31.3 Å². The lowest BCUT2D eigenvalue weighted by Gasteiger charge is -2.10. The third-order valence-electron chi connectivity index (χ3n) is 2.00. The summed E-state index contributed by atoms with van der Waals surface area (Å²) in [6.45, 7) is 3.00. The molecule has 0 fully saturated rings. The van der Waals surface area contributed by atoms with E-state index in [0.29, 0.717) is 25.5 Å². The molecule has 0 aromatic carbocycles. The molecule has 0 saturated carbocycles. The Morgan fingerprint density at radius 2 is 2.36 bits per heavy atom. The predicted octanol–water partition coefficient (Wildman–Crippen LogP) is 0.610. The van der Waals surface area contributed by atoms with Crippen LogP contribution in [-0.4, -0.2) is 23.3 Å². The highest BCUT2D eigenvalue weighted by molar-refractivity contribution is 5.33. The monoisotopic (exact) mass is 196 g/mol. The molecule has 0 aliphatic rings. The molecule has 4 nitrogen and oxygen atoms in total. The maximum Gasteiger partial charge on any atom is 0.218 e. The first-order valence-electron chi connectivity index (χ1n) is 4.67. The zero-order chi connectivity index (χ0) is 10.4. The third-order valence-corrected chi connectivity index (χ3v) is 2.00. The zero-order valence-electron chi connectivity index (χ0n) is 8.36. The molecule has 1 aromatic rings. The minimum atomic E-state index is 0.129. The van der Waals surface area contributed by atoms with Crippen LogP contribution in [0.5, 0.6) is 5.88 Å². The molecule has 0 bridgehead atoms. The fourth-order valence-electron chi connectivity index (χ4n) is 1.17. The molecule has 0 spiro atoms. The number of rotatable bonds is 5. The van der Waals surface area contributed by atoms with Crippen molar-refractivity contribution in [3.8, 4) is 5.88 Å². The average molecular weight is 196 g/mol. The SMILES string of the molecule is Cc1ccnc(OCCCO)c1CN. The lowest BCUT2D eigenvalue weighted by molar-refractivity contribution is 0.228. The van der Waals surface area contributed by atoms with Gasteiger partial charge >= 0.3 is 0 Å². The maximum absolute atomic E-state index is 8.60. The van der Waals surface area contributed by atoms with Crippen LogP contribution < -0.4 is 10.5 Å². The first kappa shape index (κ1) is 10.9. The van der Waals surface area contributed by atoms with Gasteiger partial charge in [-0.25, -0.2) is 4.98 Å². The molecule has 78 valence electrons. The van der Waals surface area contributed by atoms with E-state index in [4.69, 9.17) is 15.6 Å². The topological polar surface area (TPSA) is 68.4 Å². The van der Waals surface area contributed by atoms with E-state index in [-0.39, 0.29) is 6.61 Å². The molecule has 0 aliphatic carbocycles. The summed E-state index contributed by atoms with van der Waals surface area (Å²) < 4.78 is 5.40. The number of hydrogen-bond acceptors (Lipinski definition) is 4. The molecule has 0 unspecified atom stereocenters. The summed E-state index contributed by atoms with van der Waals surface area (Å²) in [6, 6.07) is 1.90. The van der Waals surface area contributed by atoms with Gasteiger partial charge in [-0.3, -0.25) is 0 Å². The highest BCUT2D eigenvalue weighted by Crippen LogP contribution is 2.17. The van der Waals surface area contributed by atoms with Crippen LogP contribution in [0.3, 0.4) is 0 Å². The molecule has 1 heterocycles. The summed E-state index contributed by atoms with van der Waals surface area (Å²) in [7, 11) is 0. The Balaban J connectivity index is 2.70. The van der Waals surface area contributed by atoms with Crippen LogP contribution in [0.15, 0.2) is 12.3 Å². The fourth-order valence-corrected chi connectivity index (χ4v) is 1.17. The van der Waals surface area contributed by atoms with E-state index in [0.717, 1.165) is 11.1 Å². The second-order valence-electron chi connectivity index (χ2n) is 3.04. The molecule has 14 heavy (non-hydrogen) atoms. The molecule has 0 saturated heterocycles. The molecule has 3 N–H and O–H groups in total. The second-order valence-corrected chi connectivity index (χ2v) is 3.04. The van der Waals surface area contributed by atoms with Gasteiger partial charge in [0.2, 0.25) is 5.88 Å². The van der Waals surface area contributed by atoms with Crippen molar-refractivity contribution >= 4 is 0 Å². The largest absolute Gasteiger partial charge is 0.477 e. The summed E-state index contributed by atoms with van der Waals surface area (Å²) >= 11 is 0. The van der Waals surface area contributed by atoms with Crippen LogP contribution in [0.4, 0.5) is 0 Å². The first-order valence-corrected chi connectivity index (χ1v) is 4.67. The minimum absolute atomic E-state index is 0.129. The van der Waals surface area contributed by atoms with Crippen LogP contribution in [-0.2, 0) is 6.54 Å². The van der Waals surface area contributed by atoms with Crippen molar-refractivity contribution in [2.75, 3.05) is 13.2 Å². The Morgan fingerprint density at radius 3 is 3.00 bits per heavy atom. The van der Waals surface area contributed by atoms with Crippen LogP contribution in [0.1, 0.15) is 17.5 Å². The number of ether oxygens (including phenoxy) is 1. The summed E-state index contributed by atoms with van der Waals surface area (Å²) in [4.78, 5) is 4.10. The minimum Gasteiger partial charge on any atom is -0.477 e. The molecule has 0 aliphatic heterocycles. The quantitative estimate of drug-likeness (QED) is 0.677. The lowest BCUT2D eigenvalue weighted by atomic mass is 10.1. The van der Waals surface area contributed by atoms with Gasteiger partial charge in [0.05, 0.1) is 6.61 Å². The van der Waals surface area contributed by atoms with Gasteiger partial charge in [0.25, 0.3) is 0 Å². The number of nitrogens with two attached hydrogens (primary N) is 1. The summed E-state index contributed by atoms with van der Waals surface area (Å²) in [6.07, 6.45) is 2.31. The smallest absolute Gasteiger partial charge is 0.218 e. The van der Waals surface area contributed by atoms with Crippen LogP contribution >= 0.6 is 0 Å². The van der Waals surface area contributed by atoms with Crippen LogP contribution in [0, 0.1) is 6.92 Å². The Labute approximate surface area is 83.7 Å². The Kier molecular flexibility index (Phi) is 4.35. The maximum atomic E-state index is 8.60. The van der Waals surface area contributed by atoms with Gasteiger partial charge < -0.3 is 15.6 Å². The van der Waals surface area contributed by atoms with Crippen molar-refractivity contribution in [3.05, 3.63) is 23.4 Å². The van der Waals surface area contributed by atoms with Gasteiger partial charge in [0.15, 0.2) is 0 Å². The number of aliphatic hydroxyl groups excluding tert-OH is 1.